The zero-order chi connectivity index (χ0) is 10.8. The summed E-state index contributed by atoms with van der Waals surface area (Å²) in [5.41, 5.74) is 1.35. The number of nitrogens with zero attached hydrogens (tertiary/aromatic N) is 2. The molecule has 0 spiro atoms. The van der Waals surface area contributed by atoms with Gasteiger partial charge in [0.05, 0.1) is 0 Å². The zero-order valence-electron chi connectivity index (χ0n) is 9.39. The Labute approximate surface area is 96.2 Å². The SMILES string of the molecule is C1=CCC2C=C(N3CCNCC3)N=CC2=C1. The second kappa shape index (κ2) is 4.26. The highest BCUT2D eigenvalue weighted by atomic mass is 15.3. The Hall–Kier alpha value is -1.35. The summed E-state index contributed by atoms with van der Waals surface area (Å²) in [6.45, 7) is 4.29. The van der Waals surface area contributed by atoms with E-state index in [1.165, 1.54) is 11.4 Å². The maximum absolute atomic E-state index is 4.57. The third kappa shape index (κ3) is 1.83. The van der Waals surface area contributed by atoms with Crippen molar-refractivity contribution in [3.05, 3.63) is 35.7 Å². The highest BCUT2D eigenvalue weighted by Gasteiger charge is 2.20. The fourth-order valence-electron chi connectivity index (χ4n) is 2.41. The summed E-state index contributed by atoms with van der Waals surface area (Å²) in [4.78, 5) is 6.95. The molecule has 1 N–H and O–H groups in total. The number of hydrogen-bond acceptors (Lipinski definition) is 3. The molecule has 84 valence electrons. The first-order valence-corrected chi connectivity index (χ1v) is 6.02. The third-order valence-corrected chi connectivity index (χ3v) is 3.38. The van der Waals surface area contributed by atoms with Crippen molar-refractivity contribution in [2.45, 2.75) is 6.42 Å². The lowest BCUT2D eigenvalue weighted by molar-refractivity contribution is 0.294. The van der Waals surface area contributed by atoms with Crippen molar-refractivity contribution in [1.29, 1.82) is 0 Å². The molecule has 1 atom stereocenters. The minimum Gasteiger partial charge on any atom is -0.354 e. The van der Waals surface area contributed by atoms with Gasteiger partial charge in [0.1, 0.15) is 5.82 Å². The lowest BCUT2D eigenvalue weighted by atomic mass is 9.90. The normalized spacial score (nSPS) is 28.5. The highest BCUT2D eigenvalue weighted by molar-refractivity contribution is 5.82. The van der Waals surface area contributed by atoms with Crippen LogP contribution in [0.2, 0.25) is 0 Å². The molecule has 1 fully saturated rings. The van der Waals surface area contributed by atoms with E-state index in [1.807, 2.05) is 6.21 Å². The van der Waals surface area contributed by atoms with Gasteiger partial charge >= 0.3 is 0 Å². The van der Waals surface area contributed by atoms with Gasteiger partial charge in [-0.3, -0.25) is 0 Å². The number of nitrogens with one attached hydrogen (secondary N) is 1. The minimum absolute atomic E-state index is 0.549. The molecule has 0 aromatic rings. The Morgan fingerprint density at radius 1 is 1.31 bits per heavy atom. The van der Waals surface area contributed by atoms with Crippen LogP contribution < -0.4 is 5.32 Å². The Kier molecular flexibility index (Phi) is 2.62. The number of rotatable bonds is 1. The van der Waals surface area contributed by atoms with Gasteiger partial charge in [0.15, 0.2) is 0 Å². The molecule has 1 unspecified atom stereocenters. The van der Waals surface area contributed by atoms with Crippen molar-refractivity contribution >= 4 is 6.21 Å². The Balaban J connectivity index is 1.78. The molecule has 0 amide bonds. The Morgan fingerprint density at radius 3 is 3.06 bits per heavy atom. The van der Waals surface area contributed by atoms with Gasteiger partial charge in [-0.15, -0.1) is 0 Å². The molecule has 3 aliphatic rings. The molecule has 2 heterocycles. The van der Waals surface area contributed by atoms with Gasteiger partial charge < -0.3 is 10.2 Å². The number of aliphatic imine (C=N–C) groups is 1. The van der Waals surface area contributed by atoms with Crippen molar-refractivity contribution in [3.8, 4) is 0 Å². The van der Waals surface area contributed by atoms with Crippen molar-refractivity contribution in [1.82, 2.24) is 10.2 Å². The summed E-state index contributed by atoms with van der Waals surface area (Å²) >= 11 is 0. The quantitative estimate of drug-likeness (QED) is 0.714. The van der Waals surface area contributed by atoms with Gasteiger partial charge in [0, 0.05) is 38.3 Å². The van der Waals surface area contributed by atoms with Gasteiger partial charge in [-0.05, 0) is 18.1 Å². The fraction of sp³-hybridized carbons (Fsp3) is 0.462. The molecule has 3 nitrogen and oxygen atoms in total. The van der Waals surface area contributed by atoms with E-state index in [2.05, 4.69) is 39.5 Å². The van der Waals surface area contributed by atoms with Crippen LogP contribution in [0.15, 0.2) is 40.7 Å². The number of hydrogen-bond donors (Lipinski definition) is 1. The first kappa shape index (κ1) is 9.85. The van der Waals surface area contributed by atoms with E-state index in [9.17, 15) is 0 Å². The minimum atomic E-state index is 0.549. The summed E-state index contributed by atoms with van der Waals surface area (Å²) in [7, 11) is 0. The van der Waals surface area contributed by atoms with Crippen molar-refractivity contribution in [2.75, 3.05) is 26.2 Å². The molecule has 2 aliphatic heterocycles. The van der Waals surface area contributed by atoms with Crippen LogP contribution in [0.1, 0.15) is 6.42 Å². The average molecular weight is 215 g/mol. The number of fused-ring (bicyclic) bond motifs is 1. The molecule has 1 saturated heterocycles. The lowest BCUT2D eigenvalue weighted by Crippen LogP contribution is -2.43. The molecule has 3 heteroatoms. The van der Waals surface area contributed by atoms with Crippen LogP contribution in [0.3, 0.4) is 0 Å². The molecule has 0 bridgehead atoms. The van der Waals surface area contributed by atoms with Crippen LogP contribution in [-0.4, -0.2) is 37.3 Å². The average Bonchev–Trinajstić information content (AvgIpc) is 2.39. The predicted molar refractivity (Wildman–Crippen MR) is 66.3 cm³/mol. The zero-order valence-corrected chi connectivity index (χ0v) is 9.39. The van der Waals surface area contributed by atoms with E-state index in [-0.39, 0.29) is 0 Å². The largest absolute Gasteiger partial charge is 0.354 e. The summed E-state index contributed by atoms with van der Waals surface area (Å²) in [6.07, 6.45) is 12.0. The standard InChI is InChI=1S/C13H17N3/c1-2-4-12-10-15-13(9-11(12)3-1)16-7-5-14-6-8-16/h1-2,4,9-11,14H,3,5-8H2. The van der Waals surface area contributed by atoms with Crippen LogP contribution in [0, 0.1) is 5.92 Å². The second-order valence-corrected chi connectivity index (χ2v) is 4.46. The van der Waals surface area contributed by atoms with E-state index < -0.39 is 0 Å². The van der Waals surface area contributed by atoms with Crippen LogP contribution >= 0.6 is 0 Å². The highest BCUT2D eigenvalue weighted by Crippen LogP contribution is 2.27. The molecule has 0 aromatic heterocycles. The molecular weight excluding hydrogens is 198 g/mol. The topological polar surface area (TPSA) is 27.6 Å². The summed E-state index contributed by atoms with van der Waals surface area (Å²) in [5, 5.41) is 3.37. The Morgan fingerprint density at radius 2 is 2.19 bits per heavy atom. The molecular formula is C13H17N3. The van der Waals surface area contributed by atoms with E-state index in [4.69, 9.17) is 0 Å². The molecule has 0 saturated carbocycles. The summed E-state index contributed by atoms with van der Waals surface area (Å²) < 4.78 is 0. The van der Waals surface area contributed by atoms with E-state index in [0.717, 1.165) is 32.6 Å². The lowest BCUT2D eigenvalue weighted by Gasteiger charge is -2.32. The number of piperazine rings is 1. The van der Waals surface area contributed by atoms with Gasteiger partial charge in [-0.25, -0.2) is 4.99 Å². The molecule has 0 radical (unpaired) electrons. The monoisotopic (exact) mass is 215 g/mol. The maximum atomic E-state index is 4.57. The fourth-order valence-corrected chi connectivity index (χ4v) is 2.41. The van der Waals surface area contributed by atoms with Crippen molar-refractivity contribution in [2.24, 2.45) is 10.9 Å². The van der Waals surface area contributed by atoms with Crippen LogP contribution in [-0.2, 0) is 0 Å². The molecule has 0 aromatic carbocycles. The van der Waals surface area contributed by atoms with Crippen molar-refractivity contribution < 1.29 is 0 Å². The summed E-state index contributed by atoms with van der Waals surface area (Å²) in [5.74, 6) is 1.71. The van der Waals surface area contributed by atoms with Gasteiger partial charge in [-0.1, -0.05) is 18.2 Å². The van der Waals surface area contributed by atoms with Gasteiger partial charge in [0.25, 0.3) is 0 Å². The number of allylic oxidation sites excluding steroid dienone is 5. The second-order valence-electron chi connectivity index (χ2n) is 4.46. The van der Waals surface area contributed by atoms with E-state index >= 15 is 0 Å². The van der Waals surface area contributed by atoms with E-state index in [1.54, 1.807) is 0 Å². The first-order valence-electron chi connectivity index (χ1n) is 6.02. The molecule has 1 aliphatic carbocycles. The predicted octanol–water partition coefficient (Wildman–Crippen LogP) is 1.32. The van der Waals surface area contributed by atoms with Gasteiger partial charge in [-0.2, -0.15) is 0 Å². The Bertz CT molecular complexity index is 384. The van der Waals surface area contributed by atoms with Crippen LogP contribution in [0.25, 0.3) is 0 Å². The van der Waals surface area contributed by atoms with Crippen LogP contribution in [0.5, 0.6) is 0 Å². The van der Waals surface area contributed by atoms with Crippen LogP contribution in [0.4, 0.5) is 0 Å². The van der Waals surface area contributed by atoms with Gasteiger partial charge in [0.2, 0.25) is 0 Å². The maximum Gasteiger partial charge on any atom is 0.125 e. The smallest absolute Gasteiger partial charge is 0.125 e. The van der Waals surface area contributed by atoms with E-state index in [0.29, 0.717) is 5.92 Å². The molecule has 16 heavy (non-hydrogen) atoms. The molecule has 3 rings (SSSR count). The van der Waals surface area contributed by atoms with Crippen molar-refractivity contribution in [3.63, 3.8) is 0 Å². The first-order chi connectivity index (χ1) is 7.93. The third-order valence-electron chi connectivity index (χ3n) is 3.38. The summed E-state index contributed by atoms with van der Waals surface area (Å²) in [6, 6.07) is 0.